The predicted octanol–water partition coefficient (Wildman–Crippen LogP) is 3.57. The predicted molar refractivity (Wildman–Crippen MR) is 91.5 cm³/mol. The molecule has 0 N–H and O–H groups in total. The van der Waals surface area contributed by atoms with Crippen LogP contribution in [0.3, 0.4) is 0 Å². The van der Waals surface area contributed by atoms with Crippen molar-refractivity contribution in [2.24, 2.45) is 7.05 Å². The van der Waals surface area contributed by atoms with Crippen LogP contribution in [0, 0.1) is 11.3 Å². The van der Waals surface area contributed by atoms with Gasteiger partial charge in [0.1, 0.15) is 24.3 Å². The Kier molecular flexibility index (Phi) is 3.36. The van der Waals surface area contributed by atoms with E-state index < -0.39 is 0 Å². The molecule has 0 saturated carbocycles. The summed E-state index contributed by atoms with van der Waals surface area (Å²) in [5.74, 6) is 1.38. The van der Waals surface area contributed by atoms with Crippen molar-refractivity contribution in [2.45, 2.75) is 6.61 Å². The lowest BCUT2D eigenvalue weighted by molar-refractivity contribution is 0.295. The fourth-order valence-corrected chi connectivity index (χ4v) is 2.84. The van der Waals surface area contributed by atoms with E-state index in [1.807, 2.05) is 48.0 Å². The zero-order chi connectivity index (χ0) is 16.5. The molecule has 0 aliphatic heterocycles. The van der Waals surface area contributed by atoms with E-state index in [0.29, 0.717) is 11.3 Å². The lowest BCUT2D eigenvalue weighted by Gasteiger charge is -2.11. The topological polar surface area (TPSA) is 63.7 Å². The normalized spacial score (nSPS) is 10.8. The molecular weight excluding hydrogens is 300 g/mol. The summed E-state index contributed by atoms with van der Waals surface area (Å²) in [4.78, 5) is 8.71. The summed E-state index contributed by atoms with van der Waals surface area (Å²) in [6.07, 6.45) is 3.50. The molecule has 2 heterocycles. The minimum atomic E-state index is 0.286. The lowest BCUT2D eigenvalue weighted by Crippen LogP contribution is -2.04. The number of imidazole rings is 1. The molecule has 0 fully saturated rings. The van der Waals surface area contributed by atoms with Gasteiger partial charge in [-0.15, -0.1) is 0 Å². The van der Waals surface area contributed by atoms with Crippen LogP contribution >= 0.6 is 0 Å². The zero-order valence-corrected chi connectivity index (χ0v) is 13.1. The highest BCUT2D eigenvalue weighted by atomic mass is 16.5. The third-order valence-corrected chi connectivity index (χ3v) is 4.12. The fraction of sp³-hybridized carbons (Fsp3) is 0.105. The van der Waals surface area contributed by atoms with Crippen molar-refractivity contribution in [1.82, 2.24) is 14.5 Å². The van der Waals surface area contributed by atoms with Crippen LogP contribution in [0.25, 0.3) is 21.8 Å². The quantitative estimate of drug-likeness (QED) is 0.580. The number of aryl methyl sites for hydroxylation is 1. The van der Waals surface area contributed by atoms with Crippen molar-refractivity contribution in [3.05, 3.63) is 66.2 Å². The molecule has 116 valence electrons. The van der Waals surface area contributed by atoms with Gasteiger partial charge in [0, 0.05) is 18.6 Å². The lowest BCUT2D eigenvalue weighted by atomic mass is 10.1. The van der Waals surface area contributed by atoms with E-state index >= 15 is 0 Å². The Morgan fingerprint density at radius 3 is 2.88 bits per heavy atom. The maximum Gasteiger partial charge on any atom is 0.147 e. The van der Waals surface area contributed by atoms with Crippen LogP contribution in [0.5, 0.6) is 5.75 Å². The molecule has 0 radical (unpaired) electrons. The summed E-state index contributed by atoms with van der Waals surface area (Å²) in [6.45, 7) is 0.286. The second-order valence-electron chi connectivity index (χ2n) is 5.52. The van der Waals surface area contributed by atoms with Gasteiger partial charge in [-0.2, -0.15) is 5.26 Å². The molecule has 2 aromatic carbocycles. The second kappa shape index (κ2) is 5.67. The van der Waals surface area contributed by atoms with E-state index in [2.05, 4.69) is 16.0 Å². The molecule has 5 nitrogen and oxygen atoms in total. The molecule has 5 heteroatoms. The fourth-order valence-electron chi connectivity index (χ4n) is 2.84. The maximum atomic E-state index is 9.38. The number of rotatable bonds is 3. The number of hydrogen-bond donors (Lipinski definition) is 0. The van der Waals surface area contributed by atoms with Gasteiger partial charge in [0.05, 0.1) is 22.8 Å². The van der Waals surface area contributed by atoms with Gasteiger partial charge in [-0.1, -0.05) is 30.3 Å². The van der Waals surface area contributed by atoms with Gasteiger partial charge in [-0.3, -0.25) is 4.98 Å². The van der Waals surface area contributed by atoms with E-state index in [4.69, 9.17) is 4.74 Å². The van der Waals surface area contributed by atoms with Gasteiger partial charge < -0.3 is 9.30 Å². The maximum absolute atomic E-state index is 9.38. The Labute approximate surface area is 138 Å². The Morgan fingerprint density at radius 1 is 1.17 bits per heavy atom. The summed E-state index contributed by atoms with van der Waals surface area (Å²) in [5.41, 5.74) is 2.35. The van der Waals surface area contributed by atoms with E-state index in [1.54, 1.807) is 18.5 Å². The van der Waals surface area contributed by atoms with Crippen molar-refractivity contribution >= 4 is 21.8 Å². The van der Waals surface area contributed by atoms with Gasteiger partial charge >= 0.3 is 0 Å². The van der Waals surface area contributed by atoms with E-state index in [-0.39, 0.29) is 6.61 Å². The summed E-state index contributed by atoms with van der Waals surface area (Å²) >= 11 is 0. The molecular formula is C19H14N4O. The smallest absolute Gasteiger partial charge is 0.147 e. The van der Waals surface area contributed by atoms with Crippen molar-refractivity contribution < 1.29 is 4.74 Å². The van der Waals surface area contributed by atoms with Crippen LogP contribution in [0.15, 0.2) is 54.9 Å². The first-order valence-electron chi connectivity index (χ1n) is 7.58. The number of hydrogen-bond acceptors (Lipinski definition) is 4. The van der Waals surface area contributed by atoms with E-state index in [9.17, 15) is 5.26 Å². The Bertz CT molecular complexity index is 1090. The van der Waals surface area contributed by atoms with Gasteiger partial charge in [0.15, 0.2) is 0 Å². The molecule has 4 rings (SSSR count). The van der Waals surface area contributed by atoms with Crippen molar-refractivity contribution in [3.8, 4) is 11.8 Å². The average Bonchev–Trinajstić information content (AvgIpc) is 2.96. The van der Waals surface area contributed by atoms with Crippen molar-refractivity contribution in [1.29, 1.82) is 5.26 Å². The third kappa shape index (κ3) is 2.25. The molecule has 0 saturated heterocycles. The molecule has 0 bridgehead atoms. The molecule has 2 aromatic heterocycles. The molecule has 0 unspecified atom stereocenters. The summed E-state index contributed by atoms with van der Waals surface area (Å²) in [6, 6.07) is 15.7. The molecule has 0 spiro atoms. The van der Waals surface area contributed by atoms with Crippen LogP contribution in [-0.2, 0) is 13.7 Å². The Balaban J connectivity index is 1.74. The van der Waals surface area contributed by atoms with Gasteiger partial charge in [-0.05, 0) is 17.5 Å². The van der Waals surface area contributed by atoms with Gasteiger partial charge in [0.25, 0.3) is 0 Å². The third-order valence-electron chi connectivity index (χ3n) is 4.12. The highest BCUT2D eigenvalue weighted by Gasteiger charge is 2.12. The van der Waals surface area contributed by atoms with Crippen molar-refractivity contribution in [2.75, 3.05) is 0 Å². The first-order chi connectivity index (χ1) is 11.8. The minimum absolute atomic E-state index is 0.286. The molecule has 0 amide bonds. The highest BCUT2D eigenvalue weighted by Crippen LogP contribution is 2.30. The highest BCUT2D eigenvalue weighted by molar-refractivity contribution is 5.90. The Morgan fingerprint density at radius 2 is 2.04 bits per heavy atom. The first kappa shape index (κ1) is 14.2. The average molecular weight is 314 g/mol. The summed E-state index contributed by atoms with van der Waals surface area (Å²) < 4.78 is 7.97. The SMILES string of the molecule is Cn1c(COc2c(C#N)ccc3ccccc23)nc2ccncc21. The van der Waals surface area contributed by atoms with Crippen LogP contribution in [0.1, 0.15) is 11.4 Å². The summed E-state index contributed by atoms with van der Waals surface area (Å²) in [5, 5.41) is 11.4. The molecule has 24 heavy (non-hydrogen) atoms. The van der Waals surface area contributed by atoms with E-state index in [0.717, 1.165) is 27.6 Å². The van der Waals surface area contributed by atoms with Crippen LogP contribution in [0.4, 0.5) is 0 Å². The molecule has 0 aliphatic carbocycles. The monoisotopic (exact) mass is 314 g/mol. The molecule has 0 aliphatic rings. The molecule has 4 aromatic rings. The number of ether oxygens (including phenoxy) is 1. The first-order valence-corrected chi connectivity index (χ1v) is 7.58. The van der Waals surface area contributed by atoms with Crippen LogP contribution in [0.2, 0.25) is 0 Å². The number of nitriles is 1. The number of pyridine rings is 1. The standard InChI is InChI=1S/C19H14N4O/c1-23-17-11-21-9-8-16(17)22-18(23)12-24-19-14(10-20)7-6-13-4-2-3-5-15(13)19/h2-9,11H,12H2,1H3. The second-order valence-corrected chi connectivity index (χ2v) is 5.52. The van der Waals surface area contributed by atoms with E-state index in [1.165, 1.54) is 0 Å². The van der Waals surface area contributed by atoms with Crippen molar-refractivity contribution in [3.63, 3.8) is 0 Å². The van der Waals surface area contributed by atoms with Gasteiger partial charge in [0.2, 0.25) is 0 Å². The zero-order valence-electron chi connectivity index (χ0n) is 13.1. The number of fused-ring (bicyclic) bond motifs is 2. The van der Waals surface area contributed by atoms with Gasteiger partial charge in [-0.25, -0.2) is 4.98 Å². The number of aromatic nitrogens is 3. The van der Waals surface area contributed by atoms with Crippen LogP contribution in [-0.4, -0.2) is 14.5 Å². The van der Waals surface area contributed by atoms with Crippen LogP contribution < -0.4 is 4.74 Å². The largest absolute Gasteiger partial charge is 0.484 e. The minimum Gasteiger partial charge on any atom is -0.484 e. The number of benzene rings is 2. The summed E-state index contributed by atoms with van der Waals surface area (Å²) in [7, 11) is 1.93. The molecule has 0 atom stereocenters. The number of nitrogens with zero attached hydrogens (tertiary/aromatic N) is 4. The Hall–Kier alpha value is -3.39.